The van der Waals surface area contributed by atoms with Crippen LogP contribution < -0.4 is 5.32 Å². The zero-order valence-corrected chi connectivity index (χ0v) is 12.0. The van der Waals surface area contributed by atoms with E-state index >= 15 is 0 Å². The van der Waals surface area contributed by atoms with Crippen LogP contribution in [0, 0.1) is 10.1 Å². The fourth-order valence-corrected chi connectivity index (χ4v) is 1.88. The molecule has 0 aromatic carbocycles. The zero-order chi connectivity index (χ0) is 14.0. The van der Waals surface area contributed by atoms with Gasteiger partial charge in [0.05, 0.1) is 21.3 Å². The summed E-state index contributed by atoms with van der Waals surface area (Å²) in [5.74, 6) is 0.508. The van der Waals surface area contributed by atoms with Gasteiger partial charge < -0.3 is 5.32 Å². The number of nitrogens with one attached hydrogen (secondary N) is 1. The fourth-order valence-electron chi connectivity index (χ4n) is 1.44. The lowest BCUT2D eigenvalue weighted by molar-refractivity contribution is -0.385. The number of aromatic nitrogens is 3. The Morgan fingerprint density at radius 3 is 2.74 bits per heavy atom. The van der Waals surface area contributed by atoms with Crippen molar-refractivity contribution in [3.8, 4) is 0 Å². The molecule has 19 heavy (non-hydrogen) atoms. The van der Waals surface area contributed by atoms with Crippen molar-refractivity contribution < 1.29 is 4.92 Å². The van der Waals surface area contributed by atoms with Gasteiger partial charge in [0.2, 0.25) is 0 Å². The van der Waals surface area contributed by atoms with E-state index in [1.54, 1.807) is 6.20 Å². The zero-order valence-electron chi connectivity index (χ0n) is 10.4. The van der Waals surface area contributed by atoms with Crippen LogP contribution in [0.1, 0.15) is 19.9 Å². The molecule has 0 aliphatic carbocycles. The third-order valence-corrected chi connectivity index (χ3v) is 3.04. The highest BCUT2D eigenvalue weighted by atomic mass is 79.9. The second kappa shape index (κ2) is 5.35. The Morgan fingerprint density at radius 1 is 1.47 bits per heavy atom. The normalized spacial score (nSPS) is 10.7. The summed E-state index contributed by atoms with van der Waals surface area (Å²) in [4.78, 5) is 14.1. The van der Waals surface area contributed by atoms with Crippen molar-refractivity contribution in [1.29, 1.82) is 0 Å². The number of hydrogen-bond acceptors (Lipinski definition) is 5. The van der Waals surface area contributed by atoms with Gasteiger partial charge in [-0.2, -0.15) is 5.10 Å². The van der Waals surface area contributed by atoms with E-state index in [0.29, 0.717) is 10.3 Å². The minimum atomic E-state index is -0.488. The Hall–Kier alpha value is -1.96. The van der Waals surface area contributed by atoms with E-state index in [-0.39, 0.29) is 11.7 Å². The second-order valence-electron chi connectivity index (χ2n) is 4.21. The van der Waals surface area contributed by atoms with Gasteiger partial charge in [0.15, 0.2) is 0 Å². The predicted octanol–water partition coefficient (Wildman–Crippen LogP) is 3.27. The molecule has 0 amide bonds. The minimum Gasteiger partial charge on any atom is -0.337 e. The number of anilines is 2. The number of pyridine rings is 1. The van der Waals surface area contributed by atoms with Gasteiger partial charge in [-0.1, -0.05) is 0 Å². The molecule has 0 aliphatic heterocycles. The first-order chi connectivity index (χ1) is 8.97. The van der Waals surface area contributed by atoms with Crippen LogP contribution in [-0.2, 0) is 0 Å². The highest BCUT2D eigenvalue weighted by molar-refractivity contribution is 9.10. The molecule has 0 saturated heterocycles. The Kier molecular flexibility index (Phi) is 3.79. The first-order valence-electron chi connectivity index (χ1n) is 5.58. The summed E-state index contributed by atoms with van der Waals surface area (Å²) in [6.07, 6.45) is 4.73. The second-order valence-corrected chi connectivity index (χ2v) is 5.06. The molecule has 2 aromatic heterocycles. The molecular formula is C11H12BrN5O2. The van der Waals surface area contributed by atoms with Crippen LogP contribution in [0.15, 0.2) is 29.1 Å². The lowest BCUT2D eigenvalue weighted by atomic mass is 10.4. The van der Waals surface area contributed by atoms with Crippen molar-refractivity contribution in [1.82, 2.24) is 14.8 Å². The van der Waals surface area contributed by atoms with E-state index in [0.717, 1.165) is 5.69 Å². The lowest BCUT2D eigenvalue weighted by Gasteiger charge is -2.05. The average Bonchev–Trinajstić information content (AvgIpc) is 2.80. The summed E-state index contributed by atoms with van der Waals surface area (Å²) >= 11 is 3.25. The summed E-state index contributed by atoms with van der Waals surface area (Å²) in [5.41, 5.74) is 0.714. The van der Waals surface area contributed by atoms with Crippen molar-refractivity contribution >= 4 is 33.1 Å². The predicted molar refractivity (Wildman–Crippen MR) is 74.5 cm³/mol. The lowest BCUT2D eigenvalue weighted by Crippen LogP contribution is -2.00. The molecule has 100 valence electrons. The van der Waals surface area contributed by atoms with Crippen molar-refractivity contribution in [3.63, 3.8) is 0 Å². The smallest absolute Gasteiger partial charge is 0.288 e. The van der Waals surface area contributed by atoms with Gasteiger partial charge in [0.1, 0.15) is 12.0 Å². The maximum atomic E-state index is 10.6. The van der Waals surface area contributed by atoms with Crippen LogP contribution in [0.3, 0.4) is 0 Å². The maximum absolute atomic E-state index is 10.6. The Labute approximate surface area is 117 Å². The standard InChI is InChI=1S/C11H12BrN5O2/c1-7(2)16-6-8(4-14-16)15-11-10(12)3-9(5-13-11)17(18)19/h3-7H,1-2H3,(H,13,15). The van der Waals surface area contributed by atoms with Crippen LogP contribution in [0.25, 0.3) is 0 Å². The maximum Gasteiger partial charge on any atom is 0.288 e. The molecule has 7 nitrogen and oxygen atoms in total. The summed E-state index contributed by atoms with van der Waals surface area (Å²) in [6.45, 7) is 4.05. The van der Waals surface area contributed by atoms with E-state index in [1.807, 2.05) is 24.7 Å². The number of halogens is 1. The summed E-state index contributed by atoms with van der Waals surface area (Å²) in [7, 11) is 0. The van der Waals surface area contributed by atoms with Gasteiger partial charge >= 0.3 is 0 Å². The number of nitro groups is 1. The van der Waals surface area contributed by atoms with Crippen molar-refractivity contribution in [2.24, 2.45) is 0 Å². The topological polar surface area (TPSA) is 85.9 Å². The molecule has 2 heterocycles. The number of hydrogen-bond donors (Lipinski definition) is 1. The highest BCUT2D eigenvalue weighted by Gasteiger charge is 2.11. The average molecular weight is 326 g/mol. The largest absolute Gasteiger partial charge is 0.337 e. The van der Waals surface area contributed by atoms with E-state index in [2.05, 4.69) is 31.3 Å². The van der Waals surface area contributed by atoms with Gasteiger partial charge in [-0.05, 0) is 29.8 Å². The first kappa shape index (κ1) is 13.5. The quantitative estimate of drug-likeness (QED) is 0.688. The minimum absolute atomic E-state index is 0.0599. The van der Waals surface area contributed by atoms with Crippen LogP contribution in [-0.4, -0.2) is 19.7 Å². The summed E-state index contributed by atoms with van der Waals surface area (Å²) in [5, 5.41) is 17.9. The molecular weight excluding hydrogens is 314 g/mol. The molecule has 2 aromatic rings. The molecule has 0 unspecified atom stereocenters. The summed E-state index contributed by atoms with van der Waals surface area (Å²) < 4.78 is 2.33. The van der Waals surface area contributed by atoms with E-state index in [9.17, 15) is 10.1 Å². The van der Waals surface area contributed by atoms with E-state index < -0.39 is 4.92 Å². The monoisotopic (exact) mass is 325 g/mol. The van der Waals surface area contributed by atoms with Crippen molar-refractivity contribution in [2.75, 3.05) is 5.32 Å². The van der Waals surface area contributed by atoms with Gasteiger partial charge in [0.25, 0.3) is 5.69 Å². The molecule has 0 atom stereocenters. The molecule has 0 fully saturated rings. The molecule has 0 radical (unpaired) electrons. The van der Waals surface area contributed by atoms with Crippen molar-refractivity contribution in [2.45, 2.75) is 19.9 Å². The SMILES string of the molecule is CC(C)n1cc(Nc2ncc([N+](=O)[O-])cc2Br)cn1. The first-order valence-corrected chi connectivity index (χ1v) is 6.38. The van der Waals surface area contributed by atoms with Gasteiger partial charge in [0, 0.05) is 18.3 Å². The Balaban J connectivity index is 2.20. The molecule has 0 spiro atoms. The Morgan fingerprint density at radius 2 is 2.21 bits per heavy atom. The molecule has 0 aliphatic rings. The highest BCUT2D eigenvalue weighted by Crippen LogP contribution is 2.27. The number of rotatable bonds is 4. The summed E-state index contributed by atoms with van der Waals surface area (Å²) in [6, 6.07) is 1.67. The molecule has 0 saturated carbocycles. The third kappa shape index (κ3) is 3.08. The van der Waals surface area contributed by atoms with Gasteiger partial charge in [-0.15, -0.1) is 0 Å². The molecule has 1 N–H and O–H groups in total. The third-order valence-electron chi connectivity index (χ3n) is 2.43. The van der Waals surface area contributed by atoms with Crippen LogP contribution in [0.4, 0.5) is 17.2 Å². The van der Waals surface area contributed by atoms with Gasteiger partial charge in [-0.3, -0.25) is 14.8 Å². The van der Waals surface area contributed by atoms with Crippen LogP contribution in [0.5, 0.6) is 0 Å². The van der Waals surface area contributed by atoms with Gasteiger partial charge in [-0.25, -0.2) is 4.98 Å². The molecule has 0 bridgehead atoms. The Bertz CT molecular complexity index is 611. The van der Waals surface area contributed by atoms with E-state index in [4.69, 9.17) is 0 Å². The van der Waals surface area contributed by atoms with E-state index in [1.165, 1.54) is 12.3 Å². The van der Waals surface area contributed by atoms with Crippen LogP contribution >= 0.6 is 15.9 Å². The number of nitrogens with zero attached hydrogens (tertiary/aromatic N) is 4. The van der Waals surface area contributed by atoms with Crippen LogP contribution in [0.2, 0.25) is 0 Å². The fraction of sp³-hybridized carbons (Fsp3) is 0.273. The molecule has 8 heteroatoms. The molecule has 2 rings (SSSR count). The van der Waals surface area contributed by atoms with Crippen molar-refractivity contribution in [3.05, 3.63) is 39.2 Å².